The van der Waals surface area contributed by atoms with Crippen LogP contribution in [0.2, 0.25) is 5.02 Å². The number of hydrogen-bond donors (Lipinski definition) is 2. The van der Waals surface area contributed by atoms with Gasteiger partial charge in [0.05, 0.1) is 16.3 Å². The Morgan fingerprint density at radius 2 is 1.73 bits per heavy atom. The van der Waals surface area contributed by atoms with E-state index < -0.39 is 36.3 Å². The second-order valence-corrected chi connectivity index (χ2v) is 8.07. The summed E-state index contributed by atoms with van der Waals surface area (Å²) in [5.41, 5.74) is -0.971. The normalized spacial score (nSPS) is 15.0. The summed E-state index contributed by atoms with van der Waals surface area (Å²) in [7, 11) is 0. The maximum absolute atomic E-state index is 13.0. The highest BCUT2D eigenvalue weighted by Gasteiger charge is 2.32. The number of carbonyl (C=O) groups excluding carboxylic acids is 3. The van der Waals surface area contributed by atoms with Crippen LogP contribution in [0.25, 0.3) is 0 Å². The smallest absolute Gasteiger partial charge is 0.416 e. The summed E-state index contributed by atoms with van der Waals surface area (Å²) in [5, 5.41) is 4.70. The van der Waals surface area contributed by atoms with Gasteiger partial charge in [-0.3, -0.25) is 14.4 Å². The predicted molar refractivity (Wildman–Crippen MR) is 115 cm³/mol. The van der Waals surface area contributed by atoms with Gasteiger partial charge in [-0.2, -0.15) is 13.2 Å². The van der Waals surface area contributed by atoms with Gasteiger partial charge in [-0.1, -0.05) is 54.8 Å². The van der Waals surface area contributed by atoms with Crippen LogP contribution in [0.3, 0.4) is 0 Å². The van der Waals surface area contributed by atoms with E-state index in [1.807, 2.05) is 0 Å². The van der Waals surface area contributed by atoms with Gasteiger partial charge in [0.2, 0.25) is 12.0 Å². The van der Waals surface area contributed by atoms with Crippen molar-refractivity contribution in [3.63, 3.8) is 0 Å². The van der Waals surface area contributed by atoms with E-state index in [1.54, 1.807) is 18.2 Å². The van der Waals surface area contributed by atoms with Crippen LogP contribution in [-0.2, 0) is 25.3 Å². The van der Waals surface area contributed by atoms with E-state index >= 15 is 0 Å². The maximum Gasteiger partial charge on any atom is 0.416 e. The zero-order valence-corrected chi connectivity index (χ0v) is 18.2. The lowest BCUT2D eigenvalue weighted by Gasteiger charge is -2.19. The zero-order chi connectivity index (χ0) is 24.0. The van der Waals surface area contributed by atoms with Crippen molar-refractivity contribution < 1.29 is 32.3 Å². The van der Waals surface area contributed by atoms with Crippen molar-refractivity contribution in [2.24, 2.45) is 5.92 Å². The molecule has 1 aliphatic carbocycles. The fraction of sp³-hybridized carbons (Fsp3) is 0.348. The van der Waals surface area contributed by atoms with Crippen LogP contribution in [0.15, 0.2) is 48.5 Å². The number of carbonyl (C=O) groups is 3. The van der Waals surface area contributed by atoms with Gasteiger partial charge in [-0.25, -0.2) is 0 Å². The first kappa shape index (κ1) is 24.6. The molecule has 176 valence electrons. The number of rotatable bonds is 7. The number of halogens is 4. The van der Waals surface area contributed by atoms with E-state index in [0.29, 0.717) is 11.6 Å². The maximum atomic E-state index is 13.0. The number of ether oxygens (including phenoxy) is 1. The highest BCUT2D eigenvalue weighted by Crippen LogP contribution is 2.34. The van der Waals surface area contributed by atoms with Crippen molar-refractivity contribution in [3.8, 4) is 0 Å². The van der Waals surface area contributed by atoms with Gasteiger partial charge in [0.15, 0.2) is 0 Å². The lowest BCUT2D eigenvalue weighted by atomic mass is 10.1. The minimum Gasteiger partial charge on any atom is -0.446 e. The molecule has 1 atom stereocenters. The molecule has 0 bridgehead atoms. The van der Waals surface area contributed by atoms with Crippen LogP contribution in [0.5, 0.6) is 0 Å². The Kier molecular flexibility index (Phi) is 7.97. The van der Waals surface area contributed by atoms with E-state index in [0.717, 1.165) is 37.8 Å². The monoisotopic (exact) mass is 482 g/mol. The summed E-state index contributed by atoms with van der Waals surface area (Å²) in [6, 6.07) is 10.5. The second-order valence-electron chi connectivity index (χ2n) is 7.66. The summed E-state index contributed by atoms with van der Waals surface area (Å²) in [5.74, 6) is -2.15. The van der Waals surface area contributed by atoms with E-state index in [2.05, 4.69) is 10.6 Å². The number of nitrogens with one attached hydrogen (secondary N) is 2. The summed E-state index contributed by atoms with van der Waals surface area (Å²) >= 11 is 5.96. The number of hydrogen-bond acceptors (Lipinski definition) is 4. The molecule has 0 aliphatic heterocycles. The van der Waals surface area contributed by atoms with Crippen molar-refractivity contribution in [3.05, 3.63) is 64.7 Å². The summed E-state index contributed by atoms with van der Waals surface area (Å²) in [6.45, 7) is -0.434. The third-order valence-corrected chi connectivity index (χ3v) is 5.60. The third kappa shape index (κ3) is 6.71. The molecule has 2 aromatic carbocycles. The van der Waals surface area contributed by atoms with Crippen molar-refractivity contribution in [1.29, 1.82) is 0 Å². The Bertz CT molecular complexity index is 1010. The van der Waals surface area contributed by atoms with Gasteiger partial charge in [0.25, 0.3) is 5.91 Å². The molecule has 0 heterocycles. The molecule has 0 aromatic heterocycles. The number of amides is 2. The molecule has 0 radical (unpaired) electrons. The van der Waals surface area contributed by atoms with Crippen molar-refractivity contribution in [2.75, 3.05) is 11.9 Å². The molecule has 2 amide bonds. The van der Waals surface area contributed by atoms with Crippen LogP contribution in [0.1, 0.15) is 42.9 Å². The Labute approximate surface area is 193 Å². The fourth-order valence-electron chi connectivity index (χ4n) is 3.56. The van der Waals surface area contributed by atoms with Crippen LogP contribution in [0, 0.1) is 5.92 Å². The molecule has 6 nitrogen and oxygen atoms in total. The Balaban J connectivity index is 1.72. The lowest BCUT2D eigenvalue weighted by molar-refractivity contribution is -0.154. The lowest BCUT2D eigenvalue weighted by Crippen LogP contribution is -2.36. The van der Waals surface area contributed by atoms with Crippen molar-refractivity contribution >= 4 is 35.1 Å². The van der Waals surface area contributed by atoms with E-state index in [9.17, 15) is 27.6 Å². The van der Waals surface area contributed by atoms with Crippen molar-refractivity contribution in [1.82, 2.24) is 5.32 Å². The summed E-state index contributed by atoms with van der Waals surface area (Å²) in [6.07, 6.45) is -2.67. The third-order valence-electron chi connectivity index (χ3n) is 5.27. The molecular formula is C23H22ClF3N2O4. The van der Waals surface area contributed by atoms with Gasteiger partial charge in [0.1, 0.15) is 6.54 Å². The second kappa shape index (κ2) is 10.7. The van der Waals surface area contributed by atoms with Gasteiger partial charge in [-0.15, -0.1) is 0 Å². The topological polar surface area (TPSA) is 84.5 Å². The molecule has 2 aromatic rings. The van der Waals surface area contributed by atoms with Gasteiger partial charge >= 0.3 is 12.1 Å². The number of benzene rings is 2. The van der Waals surface area contributed by atoms with E-state index in [1.165, 1.54) is 12.1 Å². The Morgan fingerprint density at radius 1 is 1.06 bits per heavy atom. The molecule has 0 spiro atoms. The minimum absolute atomic E-state index is 0.113. The Morgan fingerprint density at radius 3 is 2.36 bits per heavy atom. The molecular weight excluding hydrogens is 461 g/mol. The molecule has 2 N–H and O–H groups in total. The molecule has 1 saturated carbocycles. The SMILES string of the molecule is O=C(CNC(=O)C1CCCC1)OC(C(=O)Nc1cc(C(F)(F)F)ccc1Cl)c1ccccc1. The molecule has 3 rings (SSSR count). The first-order valence-electron chi connectivity index (χ1n) is 10.3. The molecule has 10 heteroatoms. The van der Waals surface area contributed by atoms with E-state index in [4.69, 9.17) is 16.3 Å². The van der Waals surface area contributed by atoms with Crippen LogP contribution < -0.4 is 10.6 Å². The molecule has 0 saturated heterocycles. The largest absolute Gasteiger partial charge is 0.446 e. The van der Waals surface area contributed by atoms with Crippen LogP contribution in [-0.4, -0.2) is 24.3 Å². The predicted octanol–water partition coefficient (Wildman–Crippen LogP) is 4.89. The number of esters is 1. The highest BCUT2D eigenvalue weighted by molar-refractivity contribution is 6.33. The van der Waals surface area contributed by atoms with Crippen molar-refractivity contribution in [2.45, 2.75) is 38.0 Å². The quantitative estimate of drug-likeness (QED) is 0.550. The first-order valence-corrected chi connectivity index (χ1v) is 10.7. The average molecular weight is 483 g/mol. The van der Waals surface area contributed by atoms with Gasteiger partial charge in [-0.05, 0) is 31.0 Å². The average Bonchev–Trinajstić information content (AvgIpc) is 3.32. The van der Waals surface area contributed by atoms with Gasteiger partial charge in [0, 0.05) is 11.5 Å². The first-order chi connectivity index (χ1) is 15.6. The fourth-order valence-corrected chi connectivity index (χ4v) is 3.73. The molecule has 1 unspecified atom stereocenters. The van der Waals surface area contributed by atoms with Crippen LogP contribution in [0.4, 0.5) is 18.9 Å². The molecule has 1 fully saturated rings. The number of alkyl halides is 3. The standard InChI is InChI=1S/C23H22ClF3N2O4/c24-17-11-10-16(23(25,26)27)12-18(17)29-22(32)20(14-6-2-1-3-7-14)33-19(30)13-28-21(31)15-8-4-5-9-15/h1-3,6-7,10-12,15,20H,4-5,8-9,13H2,(H,28,31)(H,29,32). The summed E-state index contributed by atoms with van der Waals surface area (Å²) in [4.78, 5) is 37.4. The molecule has 33 heavy (non-hydrogen) atoms. The zero-order valence-electron chi connectivity index (χ0n) is 17.5. The minimum atomic E-state index is -4.63. The van der Waals surface area contributed by atoms with Gasteiger partial charge < -0.3 is 15.4 Å². The van der Waals surface area contributed by atoms with Crippen LogP contribution >= 0.6 is 11.6 Å². The highest BCUT2D eigenvalue weighted by atomic mass is 35.5. The Hall–Kier alpha value is -3.07. The van der Waals surface area contributed by atoms with E-state index in [-0.39, 0.29) is 22.5 Å². The number of anilines is 1. The summed E-state index contributed by atoms with van der Waals surface area (Å²) < 4.78 is 44.4. The molecule has 1 aliphatic rings.